The van der Waals surface area contributed by atoms with Crippen LogP contribution >= 0.6 is 11.6 Å². The highest BCUT2D eigenvalue weighted by molar-refractivity contribution is 6.30. The van der Waals surface area contributed by atoms with Crippen LogP contribution in [0.4, 0.5) is 0 Å². The van der Waals surface area contributed by atoms with E-state index in [0.29, 0.717) is 23.4 Å². The molecule has 0 N–H and O–H groups in total. The molecular weight excluding hydrogens is 270 g/mol. The van der Waals surface area contributed by atoms with Gasteiger partial charge in [0.25, 0.3) is 0 Å². The van der Waals surface area contributed by atoms with E-state index >= 15 is 0 Å². The molecule has 2 nitrogen and oxygen atoms in total. The number of Topliss-reactive ketones (excluding diaryl/α,β-unsaturated/α-hetero) is 1. The standard InChI is InChI=1S/C17H14ClNO/c18-15-10-8-14(9-11-15)17(20)16(7-4-12-19)13-5-2-1-3-6-13/h1-3,5-6,8-11,16H,4,7H2. The zero-order chi connectivity index (χ0) is 14.4. The third kappa shape index (κ3) is 3.46. The molecule has 1 unspecified atom stereocenters. The van der Waals surface area contributed by atoms with Crippen LogP contribution in [0.3, 0.4) is 0 Å². The van der Waals surface area contributed by atoms with Crippen molar-refractivity contribution in [3.8, 4) is 6.07 Å². The van der Waals surface area contributed by atoms with Crippen LogP contribution in [-0.4, -0.2) is 5.78 Å². The number of halogens is 1. The summed E-state index contributed by atoms with van der Waals surface area (Å²) in [4.78, 5) is 12.6. The highest BCUT2D eigenvalue weighted by Crippen LogP contribution is 2.26. The van der Waals surface area contributed by atoms with Crippen molar-refractivity contribution in [3.63, 3.8) is 0 Å². The van der Waals surface area contributed by atoms with E-state index in [2.05, 4.69) is 6.07 Å². The summed E-state index contributed by atoms with van der Waals surface area (Å²) in [5.41, 5.74) is 1.57. The van der Waals surface area contributed by atoms with Gasteiger partial charge in [-0.3, -0.25) is 4.79 Å². The predicted octanol–water partition coefficient (Wildman–Crippen LogP) is 4.61. The summed E-state index contributed by atoms with van der Waals surface area (Å²) in [6.45, 7) is 0. The summed E-state index contributed by atoms with van der Waals surface area (Å²) in [6, 6.07) is 18.6. The number of nitrogens with zero attached hydrogens (tertiary/aromatic N) is 1. The number of carbonyl (C=O) groups is 1. The summed E-state index contributed by atoms with van der Waals surface area (Å²) in [6.07, 6.45) is 0.890. The van der Waals surface area contributed by atoms with Crippen molar-refractivity contribution in [3.05, 3.63) is 70.7 Å². The molecule has 0 aromatic heterocycles. The van der Waals surface area contributed by atoms with Gasteiger partial charge in [-0.2, -0.15) is 5.26 Å². The van der Waals surface area contributed by atoms with E-state index in [0.717, 1.165) is 5.56 Å². The Kier molecular flexibility index (Phi) is 4.92. The fourth-order valence-corrected chi connectivity index (χ4v) is 2.28. The molecule has 0 radical (unpaired) electrons. The third-order valence-electron chi connectivity index (χ3n) is 3.19. The Morgan fingerprint density at radius 2 is 1.75 bits per heavy atom. The molecule has 0 amide bonds. The smallest absolute Gasteiger partial charge is 0.170 e. The number of nitriles is 1. The Morgan fingerprint density at radius 3 is 2.35 bits per heavy atom. The summed E-state index contributed by atoms with van der Waals surface area (Å²) in [7, 11) is 0. The molecule has 100 valence electrons. The van der Waals surface area contributed by atoms with Crippen LogP contribution in [0.15, 0.2) is 54.6 Å². The predicted molar refractivity (Wildman–Crippen MR) is 79.8 cm³/mol. The second-order valence-corrected chi connectivity index (χ2v) is 4.97. The lowest BCUT2D eigenvalue weighted by Gasteiger charge is -2.15. The maximum Gasteiger partial charge on any atom is 0.170 e. The van der Waals surface area contributed by atoms with Gasteiger partial charge in [-0.1, -0.05) is 41.9 Å². The SMILES string of the molecule is N#CCCC(C(=O)c1ccc(Cl)cc1)c1ccccc1. The summed E-state index contributed by atoms with van der Waals surface area (Å²) >= 11 is 5.84. The number of hydrogen-bond donors (Lipinski definition) is 0. The molecular formula is C17H14ClNO. The molecule has 1 atom stereocenters. The molecule has 3 heteroatoms. The van der Waals surface area contributed by atoms with Gasteiger partial charge in [-0.05, 0) is 36.2 Å². The molecule has 0 heterocycles. The van der Waals surface area contributed by atoms with E-state index in [1.807, 2.05) is 30.3 Å². The number of ketones is 1. The van der Waals surface area contributed by atoms with E-state index in [9.17, 15) is 4.79 Å². The van der Waals surface area contributed by atoms with Gasteiger partial charge in [0, 0.05) is 22.9 Å². The van der Waals surface area contributed by atoms with Crippen molar-refractivity contribution in [2.75, 3.05) is 0 Å². The van der Waals surface area contributed by atoms with E-state index in [1.54, 1.807) is 24.3 Å². The van der Waals surface area contributed by atoms with E-state index in [-0.39, 0.29) is 11.7 Å². The molecule has 2 rings (SSSR count). The topological polar surface area (TPSA) is 40.9 Å². The molecule has 0 spiro atoms. The van der Waals surface area contributed by atoms with Crippen LogP contribution in [0, 0.1) is 11.3 Å². The van der Waals surface area contributed by atoms with Gasteiger partial charge in [0.2, 0.25) is 0 Å². The highest BCUT2D eigenvalue weighted by Gasteiger charge is 2.21. The second-order valence-electron chi connectivity index (χ2n) is 4.53. The maximum absolute atomic E-state index is 12.6. The van der Waals surface area contributed by atoms with Crippen LogP contribution in [0.2, 0.25) is 5.02 Å². The van der Waals surface area contributed by atoms with Gasteiger partial charge in [0.05, 0.1) is 6.07 Å². The Bertz CT molecular complexity index is 614. The zero-order valence-corrected chi connectivity index (χ0v) is 11.7. The molecule has 0 aliphatic carbocycles. The van der Waals surface area contributed by atoms with Crippen LogP contribution in [0.25, 0.3) is 0 Å². The lowest BCUT2D eigenvalue weighted by atomic mass is 9.87. The fraction of sp³-hybridized carbons (Fsp3) is 0.176. The van der Waals surface area contributed by atoms with Crippen LogP contribution in [0.1, 0.15) is 34.7 Å². The third-order valence-corrected chi connectivity index (χ3v) is 3.44. The van der Waals surface area contributed by atoms with E-state index in [1.165, 1.54) is 0 Å². The Balaban J connectivity index is 2.29. The van der Waals surface area contributed by atoms with Gasteiger partial charge >= 0.3 is 0 Å². The van der Waals surface area contributed by atoms with Gasteiger partial charge in [-0.25, -0.2) is 0 Å². The van der Waals surface area contributed by atoms with Crippen molar-refractivity contribution in [1.82, 2.24) is 0 Å². The van der Waals surface area contributed by atoms with Crippen LogP contribution in [0.5, 0.6) is 0 Å². The van der Waals surface area contributed by atoms with Gasteiger partial charge in [0.15, 0.2) is 5.78 Å². The molecule has 0 saturated heterocycles. The monoisotopic (exact) mass is 283 g/mol. The first-order chi connectivity index (χ1) is 9.72. The van der Waals surface area contributed by atoms with Crippen molar-refractivity contribution in [2.24, 2.45) is 0 Å². The molecule has 0 bridgehead atoms. The number of hydrogen-bond acceptors (Lipinski definition) is 2. The number of carbonyl (C=O) groups excluding carboxylic acids is 1. The molecule has 20 heavy (non-hydrogen) atoms. The quantitative estimate of drug-likeness (QED) is 0.752. The molecule has 2 aromatic rings. The first kappa shape index (κ1) is 14.3. The normalized spacial score (nSPS) is 11.6. The molecule has 0 aliphatic rings. The molecule has 0 fully saturated rings. The summed E-state index contributed by atoms with van der Waals surface area (Å²) in [5, 5.41) is 9.38. The lowest BCUT2D eigenvalue weighted by molar-refractivity contribution is 0.0955. The minimum atomic E-state index is -0.281. The van der Waals surface area contributed by atoms with Gasteiger partial charge < -0.3 is 0 Å². The first-order valence-electron chi connectivity index (χ1n) is 6.44. The molecule has 2 aromatic carbocycles. The summed E-state index contributed by atoms with van der Waals surface area (Å²) in [5.74, 6) is -0.250. The Hall–Kier alpha value is -2.11. The minimum Gasteiger partial charge on any atom is -0.293 e. The van der Waals surface area contributed by atoms with Crippen molar-refractivity contribution in [2.45, 2.75) is 18.8 Å². The van der Waals surface area contributed by atoms with E-state index in [4.69, 9.17) is 16.9 Å². The zero-order valence-electron chi connectivity index (χ0n) is 10.9. The van der Waals surface area contributed by atoms with E-state index < -0.39 is 0 Å². The number of rotatable bonds is 5. The Morgan fingerprint density at radius 1 is 1.10 bits per heavy atom. The first-order valence-corrected chi connectivity index (χ1v) is 6.82. The largest absolute Gasteiger partial charge is 0.293 e. The highest BCUT2D eigenvalue weighted by atomic mass is 35.5. The number of benzene rings is 2. The van der Waals surface area contributed by atoms with Crippen molar-refractivity contribution >= 4 is 17.4 Å². The fourth-order valence-electron chi connectivity index (χ4n) is 2.16. The van der Waals surface area contributed by atoms with Gasteiger partial charge in [-0.15, -0.1) is 0 Å². The average Bonchev–Trinajstić information content (AvgIpc) is 2.49. The van der Waals surface area contributed by atoms with Crippen LogP contribution in [-0.2, 0) is 0 Å². The summed E-state index contributed by atoms with van der Waals surface area (Å²) < 4.78 is 0. The minimum absolute atomic E-state index is 0.0307. The average molecular weight is 284 g/mol. The van der Waals surface area contributed by atoms with Gasteiger partial charge in [0.1, 0.15) is 0 Å². The second kappa shape index (κ2) is 6.88. The van der Waals surface area contributed by atoms with Crippen molar-refractivity contribution in [1.29, 1.82) is 5.26 Å². The lowest BCUT2D eigenvalue weighted by Crippen LogP contribution is -2.13. The van der Waals surface area contributed by atoms with Crippen LogP contribution < -0.4 is 0 Å². The Labute approximate surface area is 123 Å². The molecule has 0 saturated carbocycles. The van der Waals surface area contributed by atoms with Crippen molar-refractivity contribution < 1.29 is 4.79 Å². The molecule has 0 aliphatic heterocycles. The maximum atomic E-state index is 12.6.